The lowest BCUT2D eigenvalue weighted by Gasteiger charge is -2.10. The second-order valence-corrected chi connectivity index (χ2v) is 8.79. The number of benzene rings is 1. The smallest absolute Gasteiger partial charge is 0.240 e. The Morgan fingerprint density at radius 3 is 2.62 bits per heavy atom. The second kappa shape index (κ2) is 7.90. The van der Waals surface area contributed by atoms with Crippen molar-refractivity contribution in [2.24, 2.45) is 5.92 Å². The molecule has 0 atom stereocenters. The van der Waals surface area contributed by atoms with Gasteiger partial charge >= 0.3 is 0 Å². The maximum absolute atomic E-state index is 12.5. The highest BCUT2D eigenvalue weighted by atomic mass is 35.5. The van der Waals surface area contributed by atoms with Crippen molar-refractivity contribution in [3.63, 3.8) is 0 Å². The summed E-state index contributed by atoms with van der Waals surface area (Å²) in [5, 5.41) is 3.26. The minimum absolute atomic E-state index is 0.00542. The molecule has 0 unspecified atom stereocenters. The number of halogens is 1. The highest BCUT2D eigenvalue weighted by Gasteiger charge is 2.24. The molecular weight excluding hydrogens is 414 g/mol. The van der Waals surface area contributed by atoms with E-state index in [1.54, 1.807) is 30.3 Å². The molecule has 29 heavy (non-hydrogen) atoms. The summed E-state index contributed by atoms with van der Waals surface area (Å²) in [4.78, 5) is 16.7. The lowest BCUT2D eigenvalue weighted by molar-refractivity contribution is 0.577. The first kappa shape index (κ1) is 19.5. The van der Waals surface area contributed by atoms with E-state index in [4.69, 9.17) is 17.3 Å². The van der Waals surface area contributed by atoms with Gasteiger partial charge in [-0.05, 0) is 49.1 Å². The number of nitrogen functional groups attached to an aromatic ring is 1. The van der Waals surface area contributed by atoms with E-state index < -0.39 is 10.0 Å². The van der Waals surface area contributed by atoms with Gasteiger partial charge < -0.3 is 11.1 Å². The summed E-state index contributed by atoms with van der Waals surface area (Å²) >= 11 is 5.92. The number of sulfonamides is 1. The summed E-state index contributed by atoms with van der Waals surface area (Å²) < 4.78 is 27.6. The number of rotatable bonds is 7. The fourth-order valence-corrected chi connectivity index (χ4v) is 3.92. The first-order chi connectivity index (χ1) is 13.9. The largest absolute Gasteiger partial charge is 0.368 e. The Balaban J connectivity index is 1.58. The Morgan fingerprint density at radius 1 is 1.07 bits per heavy atom. The molecule has 150 valence electrons. The van der Waals surface area contributed by atoms with E-state index in [2.05, 4.69) is 30.0 Å². The molecule has 3 aromatic rings. The molecule has 2 heterocycles. The van der Waals surface area contributed by atoms with Crippen LogP contribution in [0.2, 0.25) is 5.15 Å². The van der Waals surface area contributed by atoms with Crippen molar-refractivity contribution in [2.45, 2.75) is 17.7 Å². The van der Waals surface area contributed by atoms with E-state index in [0.29, 0.717) is 29.0 Å². The minimum atomic E-state index is -3.59. The molecule has 0 amide bonds. The summed E-state index contributed by atoms with van der Waals surface area (Å²) in [6.45, 7) is 0.458. The maximum atomic E-state index is 12.5. The zero-order valence-corrected chi connectivity index (χ0v) is 16.8. The molecule has 0 radical (unpaired) electrons. The van der Waals surface area contributed by atoms with Crippen molar-refractivity contribution in [1.82, 2.24) is 24.7 Å². The average molecular weight is 432 g/mol. The first-order valence-corrected chi connectivity index (χ1v) is 10.8. The van der Waals surface area contributed by atoms with Crippen LogP contribution in [-0.4, -0.2) is 34.9 Å². The number of hydrogen-bond acceptors (Lipinski definition) is 8. The van der Waals surface area contributed by atoms with Crippen molar-refractivity contribution in [2.75, 3.05) is 17.6 Å². The zero-order valence-electron chi connectivity index (χ0n) is 15.2. The van der Waals surface area contributed by atoms with Crippen LogP contribution in [0.25, 0.3) is 11.5 Å². The van der Waals surface area contributed by atoms with Gasteiger partial charge in [0.25, 0.3) is 0 Å². The van der Waals surface area contributed by atoms with E-state index >= 15 is 0 Å². The van der Waals surface area contributed by atoms with Gasteiger partial charge in [0.15, 0.2) is 5.82 Å². The maximum Gasteiger partial charge on any atom is 0.240 e. The molecule has 1 aromatic carbocycles. The van der Waals surface area contributed by atoms with Crippen molar-refractivity contribution in [3.8, 4) is 11.5 Å². The van der Waals surface area contributed by atoms with Gasteiger partial charge in [0.05, 0.1) is 4.90 Å². The molecule has 9 nitrogen and oxygen atoms in total. The molecule has 2 aromatic heterocycles. The molecule has 0 spiro atoms. The summed E-state index contributed by atoms with van der Waals surface area (Å²) in [6.07, 6.45) is 2.13. The van der Waals surface area contributed by atoms with Gasteiger partial charge in [-0.1, -0.05) is 23.7 Å². The number of anilines is 3. The molecule has 1 aliphatic carbocycles. The third-order valence-corrected chi connectivity index (χ3v) is 5.89. The minimum Gasteiger partial charge on any atom is -0.368 e. The van der Waals surface area contributed by atoms with Crippen LogP contribution in [0.1, 0.15) is 12.8 Å². The van der Waals surface area contributed by atoms with E-state index in [0.717, 1.165) is 12.8 Å². The lowest BCUT2D eigenvalue weighted by atomic mass is 10.3. The number of nitrogens with two attached hydrogens (primary N) is 1. The van der Waals surface area contributed by atoms with Crippen molar-refractivity contribution < 1.29 is 8.42 Å². The summed E-state index contributed by atoms with van der Waals surface area (Å²) in [7, 11) is -3.59. The molecule has 11 heteroatoms. The lowest BCUT2D eigenvalue weighted by Crippen LogP contribution is -2.25. The number of nitrogens with zero attached hydrogens (tertiary/aromatic N) is 4. The van der Waals surface area contributed by atoms with Gasteiger partial charge in [-0.2, -0.15) is 15.0 Å². The van der Waals surface area contributed by atoms with Crippen molar-refractivity contribution in [1.29, 1.82) is 0 Å². The summed E-state index contributed by atoms with van der Waals surface area (Å²) in [5.74, 6) is 0.846. The Kier molecular flexibility index (Phi) is 5.31. The fourth-order valence-electron chi connectivity index (χ4n) is 2.60. The first-order valence-electron chi connectivity index (χ1n) is 8.90. The molecule has 4 N–H and O–H groups in total. The SMILES string of the molecule is Nc1nc(Nc2cccc(S(=O)(=O)NCC3CC3)c2)nc(-c2cccc(Cl)n2)n1. The Hall–Kier alpha value is -2.82. The van der Waals surface area contributed by atoms with E-state index in [1.165, 1.54) is 12.1 Å². The average Bonchev–Trinajstić information content (AvgIpc) is 3.51. The van der Waals surface area contributed by atoms with Gasteiger partial charge in [-0.25, -0.2) is 18.1 Å². The highest BCUT2D eigenvalue weighted by Crippen LogP contribution is 2.28. The predicted octanol–water partition coefficient (Wildman–Crippen LogP) is 2.60. The molecule has 1 aliphatic rings. The Labute approximate surface area is 172 Å². The molecule has 4 rings (SSSR count). The van der Waals surface area contributed by atoms with Gasteiger partial charge in [0.1, 0.15) is 10.8 Å². The van der Waals surface area contributed by atoms with Crippen LogP contribution < -0.4 is 15.8 Å². The summed E-state index contributed by atoms with van der Waals surface area (Å²) in [5.41, 5.74) is 6.73. The Bertz CT molecular complexity index is 1150. The van der Waals surface area contributed by atoms with Crippen LogP contribution >= 0.6 is 11.6 Å². The van der Waals surface area contributed by atoms with Crippen molar-refractivity contribution in [3.05, 3.63) is 47.6 Å². The number of aromatic nitrogens is 4. The van der Waals surface area contributed by atoms with Gasteiger partial charge in [0.2, 0.25) is 21.9 Å². The second-order valence-electron chi connectivity index (χ2n) is 6.63. The van der Waals surface area contributed by atoms with Gasteiger partial charge in [-0.3, -0.25) is 0 Å². The highest BCUT2D eigenvalue weighted by molar-refractivity contribution is 7.89. The molecule has 1 fully saturated rings. The van der Waals surface area contributed by atoms with Crippen molar-refractivity contribution >= 4 is 39.2 Å². The van der Waals surface area contributed by atoms with E-state index in [9.17, 15) is 8.42 Å². The predicted molar refractivity (Wildman–Crippen MR) is 110 cm³/mol. The Morgan fingerprint density at radius 2 is 1.86 bits per heavy atom. The van der Waals surface area contributed by atoms with Crippen LogP contribution in [0.4, 0.5) is 17.6 Å². The number of nitrogens with one attached hydrogen (secondary N) is 2. The number of hydrogen-bond donors (Lipinski definition) is 3. The topological polar surface area (TPSA) is 136 Å². The quantitative estimate of drug-likeness (QED) is 0.485. The van der Waals surface area contributed by atoms with Crippen LogP contribution in [-0.2, 0) is 10.0 Å². The van der Waals surface area contributed by atoms with E-state index in [-0.39, 0.29) is 22.6 Å². The molecule has 0 bridgehead atoms. The monoisotopic (exact) mass is 431 g/mol. The normalized spacial score (nSPS) is 14.0. The van der Waals surface area contributed by atoms with Crippen LogP contribution in [0.5, 0.6) is 0 Å². The fraction of sp³-hybridized carbons (Fsp3) is 0.222. The molecular formula is C18H18ClN7O2S. The van der Waals surface area contributed by atoms with Gasteiger partial charge in [0, 0.05) is 12.2 Å². The molecule has 1 saturated carbocycles. The van der Waals surface area contributed by atoms with Crippen LogP contribution in [0.15, 0.2) is 47.4 Å². The summed E-state index contributed by atoms with van der Waals surface area (Å²) in [6, 6.07) is 11.4. The third kappa shape index (κ3) is 4.97. The van der Waals surface area contributed by atoms with Crippen LogP contribution in [0, 0.1) is 5.92 Å². The van der Waals surface area contributed by atoms with Gasteiger partial charge in [-0.15, -0.1) is 0 Å². The zero-order chi connectivity index (χ0) is 20.4. The molecule has 0 aliphatic heterocycles. The third-order valence-electron chi connectivity index (χ3n) is 4.26. The van der Waals surface area contributed by atoms with E-state index in [1.807, 2.05) is 0 Å². The number of pyridine rings is 1. The van der Waals surface area contributed by atoms with Crippen LogP contribution in [0.3, 0.4) is 0 Å². The molecule has 0 saturated heterocycles. The standard InChI is InChI=1S/C18H18ClN7O2S/c19-15-6-2-5-14(23-15)16-24-17(20)26-18(25-16)22-12-3-1-4-13(9-12)29(27,28)21-10-11-7-8-11/h1-6,9,11,21H,7-8,10H2,(H3,20,22,24,25,26).